The number of oxime groups is 1. The molecule has 3 N–H and O–H groups in total. The van der Waals surface area contributed by atoms with Crippen molar-refractivity contribution < 1.29 is 43.0 Å². The van der Waals surface area contributed by atoms with E-state index in [2.05, 4.69) is 15.5 Å². The lowest BCUT2D eigenvalue weighted by molar-refractivity contribution is -0.169. The highest BCUT2D eigenvalue weighted by Crippen LogP contribution is 2.41. The summed E-state index contributed by atoms with van der Waals surface area (Å²) in [5.74, 6) is -1.81. The fraction of sp³-hybridized carbons (Fsp3) is 0.524. The molecule has 1 saturated heterocycles. The number of esters is 1. The third-order valence-electron chi connectivity index (χ3n) is 4.88. The average Bonchev–Trinajstić information content (AvgIpc) is 3.25. The topological polar surface area (TPSA) is 181 Å². The van der Waals surface area contributed by atoms with Gasteiger partial charge in [-0.25, -0.2) is 14.6 Å². The molecule has 1 aromatic rings. The number of β-lactam (4-membered cyclic amide) rings is 1. The van der Waals surface area contributed by atoms with Crippen LogP contribution in [0, 0.1) is 0 Å². The van der Waals surface area contributed by atoms with Crippen LogP contribution in [0.15, 0.2) is 21.8 Å². The minimum Gasteiger partial charge on any atom is -0.431 e. The van der Waals surface area contributed by atoms with Crippen molar-refractivity contribution in [2.75, 3.05) is 32.3 Å². The molecule has 202 valence electrons. The van der Waals surface area contributed by atoms with Crippen molar-refractivity contribution in [3.63, 3.8) is 0 Å². The van der Waals surface area contributed by atoms with E-state index in [9.17, 15) is 19.2 Å². The Morgan fingerprint density at radius 2 is 1.97 bits per heavy atom. The van der Waals surface area contributed by atoms with E-state index in [1.54, 1.807) is 13.8 Å². The summed E-state index contributed by atoms with van der Waals surface area (Å²) in [4.78, 5) is 60.8. The average molecular weight is 558 g/mol. The molecule has 2 aliphatic heterocycles. The van der Waals surface area contributed by atoms with Crippen molar-refractivity contribution >= 4 is 57.9 Å². The molecule has 16 heteroatoms. The molecule has 0 aliphatic carbocycles. The number of rotatable bonds is 10. The number of nitrogens with one attached hydrogen (secondary N) is 1. The van der Waals surface area contributed by atoms with Crippen molar-refractivity contribution in [3.05, 3.63) is 22.3 Å². The smallest absolute Gasteiger partial charge is 0.431 e. The van der Waals surface area contributed by atoms with Gasteiger partial charge in [-0.15, -0.1) is 23.1 Å². The molecule has 1 aromatic heterocycles. The minimum absolute atomic E-state index is 0.0353. The van der Waals surface area contributed by atoms with Gasteiger partial charge in [0.2, 0.25) is 6.29 Å². The molecule has 3 rings (SSSR count). The third kappa shape index (κ3) is 6.50. The van der Waals surface area contributed by atoms with Gasteiger partial charge >= 0.3 is 12.1 Å². The standard InChI is InChI=1S/C21H27N5O9S2/c1-9(2)33-21(30)35-10(3)34-19(29)15-11(6-31-4)7-36-18-14(17(28)26(15)18)24-16(27)13(25-32-5)12-8-37-20(22)23-12/h8-10,14,18H,6-7H2,1-5H3,(H2,22,23)(H,24,27)/b25-13+/t10-,14-,18-/m1/s1. The summed E-state index contributed by atoms with van der Waals surface area (Å²) in [6, 6.07) is -0.961. The van der Waals surface area contributed by atoms with Crippen LogP contribution in [0.3, 0.4) is 0 Å². The number of nitrogen functional groups attached to an aromatic ring is 1. The van der Waals surface area contributed by atoms with Crippen molar-refractivity contribution in [2.45, 2.75) is 44.6 Å². The van der Waals surface area contributed by atoms with Crippen LogP contribution in [0.4, 0.5) is 9.93 Å². The number of thiazole rings is 1. The highest BCUT2D eigenvalue weighted by molar-refractivity contribution is 8.00. The van der Waals surface area contributed by atoms with Gasteiger partial charge in [0.15, 0.2) is 10.8 Å². The van der Waals surface area contributed by atoms with Gasteiger partial charge in [-0.1, -0.05) is 5.16 Å². The first kappa shape index (κ1) is 28.2. The van der Waals surface area contributed by atoms with E-state index in [0.29, 0.717) is 11.3 Å². The van der Waals surface area contributed by atoms with Gasteiger partial charge in [-0.3, -0.25) is 14.5 Å². The van der Waals surface area contributed by atoms with Crippen LogP contribution in [-0.2, 0) is 38.2 Å². The zero-order valence-corrected chi connectivity index (χ0v) is 22.3. The van der Waals surface area contributed by atoms with Gasteiger partial charge in [-0.2, -0.15) is 0 Å². The van der Waals surface area contributed by atoms with Crippen LogP contribution in [-0.4, -0.2) is 89.9 Å². The Labute approximate surface area is 220 Å². The molecule has 0 bridgehead atoms. The number of aromatic nitrogens is 1. The highest BCUT2D eigenvalue weighted by atomic mass is 32.2. The van der Waals surface area contributed by atoms with E-state index in [1.165, 1.54) is 43.2 Å². The fourth-order valence-electron chi connectivity index (χ4n) is 3.45. The van der Waals surface area contributed by atoms with Crippen LogP contribution in [0.2, 0.25) is 0 Å². The van der Waals surface area contributed by atoms with Gasteiger partial charge in [-0.05, 0) is 19.4 Å². The van der Waals surface area contributed by atoms with Crippen LogP contribution in [0.5, 0.6) is 0 Å². The minimum atomic E-state index is -1.28. The number of hydrogen-bond acceptors (Lipinski definition) is 14. The van der Waals surface area contributed by atoms with Gasteiger partial charge < -0.3 is 34.8 Å². The lowest BCUT2D eigenvalue weighted by Crippen LogP contribution is -2.71. The Morgan fingerprint density at radius 3 is 2.57 bits per heavy atom. The largest absolute Gasteiger partial charge is 0.511 e. The molecule has 3 atom stereocenters. The number of amides is 2. The molecule has 2 amide bonds. The summed E-state index contributed by atoms with van der Waals surface area (Å²) in [7, 11) is 2.71. The van der Waals surface area contributed by atoms with Crippen molar-refractivity contribution in [1.82, 2.24) is 15.2 Å². The van der Waals surface area contributed by atoms with E-state index in [1.807, 2.05) is 0 Å². The molecular formula is C21H27N5O9S2. The van der Waals surface area contributed by atoms with Gasteiger partial charge in [0.25, 0.3) is 11.8 Å². The lowest BCUT2D eigenvalue weighted by atomic mass is 10.0. The molecule has 0 aromatic carbocycles. The number of carbonyl (C=O) groups is 4. The van der Waals surface area contributed by atoms with Crippen LogP contribution < -0.4 is 11.1 Å². The van der Waals surface area contributed by atoms with Crippen molar-refractivity contribution in [3.8, 4) is 0 Å². The number of ether oxygens (including phenoxy) is 4. The maximum atomic E-state index is 13.1. The predicted molar refractivity (Wildman–Crippen MR) is 132 cm³/mol. The molecule has 37 heavy (non-hydrogen) atoms. The molecule has 14 nitrogen and oxygen atoms in total. The number of fused-ring (bicyclic) bond motifs is 1. The number of methoxy groups -OCH3 is 1. The Kier molecular flexibility index (Phi) is 9.34. The fourth-order valence-corrected chi connectivity index (χ4v) is 5.32. The molecule has 2 aliphatic rings. The maximum absolute atomic E-state index is 13.1. The van der Waals surface area contributed by atoms with Crippen molar-refractivity contribution in [1.29, 1.82) is 0 Å². The maximum Gasteiger partial charge on any atom is 0.511 e. The summed E-state index contributed by atoms with van der Waals surface area (Å²) >= 11 is 2.45. The normalized spacial score (nSPS) is 20.1. The second kappa shape index (κ2) is 12.2. The first-order valence-electron chi connectivity index (χ1n) is 10.9. The van der Waals surface area contributed by atoms with E-state index >= 15 is 0 Å². The third-order valence-corrected chi connectivity index (χ3v) is 6.89. The summed E-state index contributed by atoms with van der Waals surface area (Å²) in [6.45, 7) is 4.68. The number of nitrogens with two attached hydrogens (primary N) is 1. The number of anilines is 1. The molecule has 1 fully saturated rings. The summed E-state index contributed by atoms with van der Waals surface area (Å²) in [6.07, 6.45) is -2.71. The second-order valence-corrected chi connectivity index (χ2v) is 9.94. The van der Waals surface area contributed by atoms with Crippen LogP contribution >= 0.6 is 23.1 Å². The molecular weight excluding hydrogens is 530 g/mol. The van der Waals surface area contributed by atoms with E-state index < -0.39 is 47.7 Å². The first-order chi connectivity index (χ1) is 17.6. The molecule has 0 radical (unpaired) electrons. The Bertz CT molecular complexity index is 1120. The molecule has 0 saturated carbocycles. The zero-order chi connectivity index (χ0) is 27.3. The Hall–Kier alpha value is -3.37. The van der Waals surface area contributed by atoms with Gasteiger partial charge in [0.1, 0.15) is 29.9 Å². The second-order valence-electron chi connectivity index (χ2n) is 7.95. The van der Waals surface area contributed by atoms with Crippen molar-refractivity contribution in [2.24, 2.45) is 5.16 Å². The zero-order valence-electron chi connectivity index (χ0n) is 20.7. The predicted octanol–water partition coefficient (Wildman–Crippen LogP) is 0.827. The lowest BCUT2D eigenvalue weighted by Gasteiger charge is -2.49. The van der Waals surface area contributed by atoms with E-state index in [0.717, 1.165) is 11.3 Å². The van der Waals surface area contributed by atoms with E-state index in [4.69, 9.17) is 29.5 Å². The highest BCUT2D eigenvalue weighted by Gasteiger charge is 2.55. The Morgan fingerprint density at radius 1 is 1.24 bits per heavy atom. The molecule has 3 heterocycles. The number of carbonyl (C=O) groups excluding carboxylic acids is 4. The summed E-state index contributed by atoms with van der Waals surface area (Å²) < 4.78 is 20.2. The molecule has 0 unspecified atom stereocenters. The molecule has 0 spiro atoms. The monoisotopic (exact) mass is 557 g/mol. The Balaban J connectivity index is 1.74. The SMILES string of the molecule is COCC1=C(C(=O)O[C@@H](C)OC(=O)OC(C)C)N2C(=O)[C@@H](NC(=O)/C(=N/OC)c3csc(N)n3)[C@H]2SC1. The summed E-state index contributed by atoms with van der Waals surface area (Å²) in [5.41, 5.74) is 6.15. The number of thioether (sulfide) groups is 1. The summed E-state index contributed by atoms with van der Waals surface area (Å²) in [5, 5.41) is 7.49. The van der Waals surface area contributed by atoms with Gasteiger partial charge in [0.05, 0.1) is 12.7 Å². The number of nitrogens with zero attached hydrogens (tertiary/aromatic N) is 3. The quantitative estimate of drug-likeness (QED) is 0.136. The first-order valence-corrected chi connectivity index (χ1v) is 12.9. The van der Waals surface area contributed by atoms with Crippen LogP contribution in [0.1, 0.15) is 26.5 Å². The van der Waals surface area contributed by atoms with Crippen LogP contribution in [0.25, 0.3) is 0 Å². The van der Waals surface area contributed by atoms with E-state index in [-0.39, 0.29) is 28.8 Å². The number of hydrogen-bond donors (Lipinski definition) is 2. The van der Waals surface area contributed by atoms with Gasteiger partial charge in [0, 0.05) is 25.2 Å².